The van der Waals surface area contributed by atoms with E-state index in [4.69, 9.17) is 21.4 Å². The number of nitrogens with one attached hydrogen (secondary N) is 1. The van der Waals surface area contributed by atoms with Gasteiger partial charge in [0.1, 0.15) is 11.8 Å². The van der Waals surface area contributed by atoms with E-state index in [9.17, 15) is 9.59 Å². The lowest BCUT2D eigenvalue weighted by molar-refractivity contribution is -0.142. The summed E-state index contributed by atoms with van der Waals surface area (Å²) in [6, 6.07) is 4.16. The molecule has 0 radical (unpaired) electrons. The fraction of sp³-hybridized carbons (Fsp3) is 0.385. The first kappa shape index (κ1) is 15.3. The van der Waals surface area contributed by atoms with Gasteiger partial charge in [-0.1, -0.05) is 18.5 Å². The number of aryl methyl sites for hydroxylation is 1. The van der Waals surface area contributed by atoms with Gasteiger partial charge in [0.25, 0.3) is 5.91 Å². The number of hydrogen-bond acceptors (Lipinski definition) is 3. The highest BCUT2D eigenvalue weighted by atomic mass is 35.5. The summed E-state index contributed by atoms with van der Waals surface area (Å²) in [7, 11) is 0. The van der Waals surface area contributed by atoms with E-state index in [2.05, 4.69) is 5.32 Å². The third-order valence-electron chi connectivity index (χ3n) is 2.54. The molecule has 104 valence electrons. The van der Waals surface area contributed by atoms with Crippen molar-refractivity contribution < 1.29 is 19.4 Å². The Kier molecular flexibility index (Phi) is 5.63. The SMILES string of the molecule is CC[C@H](NC(=O)COc1ccc(Cl)cc1C)C(=O)O. The number of carboxylic acid groups (broad SMARTS) is 1. The summed E-state index contributed by atoms with van der Waals surface area (Å²) in [5.74, 6) is -0.981. The van der Waals surface area contributed by atoms with E-state index in [0.29, 0.717) is 17.2 Å². The molecule has 0 aliphatic carbocycles. The van der Waals surface area contributed by atoms with Crippen molar-refractivity contribution in [3.05, 3.63) is 28.8 Å². The maximum atomic E-state index is 11.5. The molecule has 0 unspecified atom stereocenters. The molecule has 0 aliphatic heterocycles. The highest BCUT2D eigenvalue weighted by Crippen LogP contribution is 2.21. The first-order valence-electron chi connectivity index (χ1n) is 5.85. The number of carbonyl (C=O) groups is 2. The van der Waals surface area contributed by atoms with Gasteiger partial charge in [-0.15, -0.1) is 0 Å². The third kappa shape index (κ3) is 4.79. The number of hydrogen-bond donors (Lipinski definition) is 2. The standard InChI is InChI=1S/C13H16ClNO4/c1-3-10(13(17)18)15-12(16)7-19-11-5-4-9(14)6-8(11)2/h4-6,10H,3,7H2,1-2H3,(H,15,16)(H,17,18)/t10-/m0/s1. The smallest absolute Gasteiger partial charge is 0.326 e. The average molecular weight is 286 g/mol. The third-order valence-corrected chi connectivity index (χ3v) is 2.77. The largest absolute Gasteiger partial charge is 0.484 e. The van der Waals surface area contributed by atoms with Crippen LogP contribution in [0.25, 0.3) is 0 Å². The zero-order chi connectivity index (χ0) is 14.4. The van der Waals surface area contributed by atoms with Gasteiger partial charge in [0.05, 0.1) is 0 Å². The van der Waals surface area contributed by atoms with E-state index in [1.807, 2.05) is 6.92 Å². The van der Waals surface area contributed by atoms with Crippen LogP contribution in [0.15, 0.2) is 18.2 Å². The molecule has 19 heavy (non-hydrogen) atoms. The van der Waals surface area contributed by atoms with Gasteiger partial charge in [0.15, 0.2) is 6.61 Å². The van der Waals surface area contributed by atoms with E-state index in [0.717, 1.165) is 5.56 Å². The number of halogens is 1. The van der Waals surface area contributed by atoms with Gasteiger partial charge >= 0.3 is 5.97 Å². The van der Waals surface area contributed by atoms with E-state index in [1.54, 1.807) is 25.1 Å². The number of carboxylic acids is 1. The molecular weight excluding hydrogens is 270 g/mol. The number of aliphatic carboxylic acids is 1. The zero-order valence-corrected chi connectivity index (χ0v) is 11.5. The Morgan fingerprint density at radius 1 is 1.47 bits per heavy atom. The Hall–Kier alpha value is -1.75. The molecule has 1 atom stereocenters. The Morgan fingerprint density at radius 3 is 2.68 bits per heavy atom. The summed E-state index contributed by atoms with van der Waals surface area (Å²) < 4.78 is 5.32. The summed E-state index contributed by atoms with van der Waals surface area (Å²) >= 11 is 5.80. The summed E-state index contributed by atoms with van der Waals surface area (Å²) in [4.78, 5) is 22.3. The van der Waals surface area contributed by atoms with Crippen molar-refractivity contribution in [1.29, 1.82) is 0 Å². The number of benzene rings is 1. The maximum Gasteiger partial charge on any atom is 0.326 e. The van der Waals surface area contributed by atoms with Crippen LogP contribution in [0.3, 0.4) is 0 Å². The predicted octanol–water partition coefficient (Wildman–Crippen LogP) is 2.01. The molecule has 6 heteroatoms. The van der Waals surface area contributed by atoms with Gasteiger partial charge in [0, 0.05) is 5.02 Å². The Bertz CT molecular complexity index is 476. The topological polar surface area (TPSA) is 75.6 Å². The molecule has 1 aromatic rings. The first-order chi connectivity index (χ1) is 8.93. The number of rotatable bonds is 6. The molecule has 0 bridgehead atoms. The van der Waals surface area contributed by atoms with E-state index < -0.39 is 17.9 Å². The molecule has 1 rings (SSSR count). The van der Waals surface area contributed by atoms with Crippen LogP contribution in [0.4, 0.5) is 0 Å². The molecule has 0 spiro atoms. The van der Waals surface area contributed by atoms with Crippen molar-refractivity contribution in [2.45, 2.75) is 26.3 Å². The molecule has 1 amide bonds. The van der Waals surface area contributed by atoms with Crippen LogP contribution in [-0.2, 0) is 9.59 Å². The molecule has 0 saturated carbocycles. The van der Waals surface area contributed by atoms with Crippen molar-refractivity contribution in [2.24, 2.45) is 0 Å². The highest BCUT2D eigenvalue weighted by molar-refractivity contribution is 6.30. The second kappa shape index (κ2) is 6.99. The zero-order valence-electron chi connectivity index (χ0n) is 10.8. The predicted molar refractivity (Wildman–Crippen MR) is 71.5 cm³/mol. The lowest BCUT2D eigenvalue weighted by Crippen LogP contribution is -2.42. The van der Waals surface area contributed by atoms with Crippen molar-refractivity contribution in [3.63, 3.8) is 0 Å². The Morgan fingerprint density at radius 2 is 2.16 bits per heavy atom. The van der Waals surface area contributed by atoms with Crippen LogP contribution in [0.2, 0.25) is 5.02 Å². The van der Waals surface area contributed by atoms with Gasteiger partial charge in [0.2, 0.25) is 0 Å². The van der Waals surface area contributed by atoms with E-state index in [-0.39, 0.29) is 6.61 Å². The summed E-state index contributed by atoms with van der Waals surface area (Å²) in [6.45, 7) is 3.26. The summed E-state index contributed by atoms with van der Waals surface area (Å²) in [5.41, 5.74) is 0.811. The van der Waals surface area contributed by atoms with Gasteiger partial charge in [-0.25, -0.2) is 4.79 Å². The van der Waals surface area contributed by atoms with Crippen LogP contribution in [0.5, 0.6) is 5.75 Å². The van der Waals surface area contributed by atoms with Crippen LogP contribution in [-0.4, -0.2) is 29.6 Å². The second-order valence-corrected chi connectivity index (χ2v) is 4.50. The lowest BCUT2D eigenvalue weighted by atomic mass is 10.2. The molecule has 0 aromatic heterocycles. The van der Waals surface area contributed by atoms with Crippen LogP contribution in [0, 0.1) is 6.92 Å². The summed E-state index contributed by atoms with van der Waals surface area (Å²) in [6.07, 6.45) is 0.320. The van der Waals surface area contributed by atoms with Gasteiger partial charge in [-0.3, -0.25) is 4.79 Å². The monoisotopic (exact) mass is 285 g/mol. The molecule has 0 saturated heterocycles. The van der Waals surface area contributed by atoms with Crippen LogP contribution < -0.4 is 10.1 Å². The summed E-state index contributed by atoms with van der Waals surface area (Å²) in [5, 5.41) is 11.8. The fourth-order valence-electron chi connectivity index (χ4n) is 1.49. The maximum absolute atomic E-state index is 11.5. The minimum absolute atomic E-state index is 0.230. The number of amides is 1. The van der Waals surface area contributed by atoms with Crippen LogP contribution >= 0.6 is 11.6 Å². The van der Waals surface area contributed by atoms with Crippen molar-refractivity contribution >= 4 is 23.5 Å². The quantitative estimate of drug-likeness (QED) is 0.838. The van der Waals surface area contributed by atoms with E-state index >= 15 is 0 Å². The van der Waals surface area contributed by atoms with Gasteiger partial charge in [-0.2, -0.15) is 0 Å². The fourth-order valence-corrected chi connectivity index (χ4v) is 1.72. The van der Waals surface area contributed by atoms with Crippen molar-refractivity contribution in [1.82, 2.24) is 5.32 Å². The molecular formula is C13H16ClNO4. The number of carbonyl (C=O) groups excluding carboxylic acids is 1. The minimum atomic E-state index is -1.06. The number of ether oxygens (including phenoxy) is 1. The molecule has 5 nitrogen and oxygen atoms in total. The first-order valence-corrected chi connectivity index (χ1v) is 6.23. The Balaban J connectivity index is 2.52. The normalized spacial score (nSPS) is 11.7. The molecule has 0 heterocycles. The van der Waals surface area contributed by atoms with Crippen molar-refractivity contribution in [3.8, 4) is 5.75 Å². The van der Waals surface area contributed by atoms with Crippen LogP contribution in [0.1, 0.15) is 18.9 Å². The van der Waals surface area contributed by atoms with E-state index in [1.165, 1.54) is 0 Å². The molecule has 0 aliphatic rings. The minimum Gasteiger partial charge on any atom is -0.484 e. The average Bonchev–Trinajstić information content (AvgIpc) is 2.34. The van der Waals surface area contributed by atoms with Gasteiger partial charge < -0.3 is 15.2 Å². The van der Waals surface area contributed by atoms with Gasteiger partial charge in [-0.05, 0) is 37.1 Å². The van der Waals surface area contributed by atoms with Crippen molar-refractivity contribution in [2.75, 3.05) is 6.61 Å². The second-order valence-electron chi connectivity index (χ2n) is 4.07. The molecule has 0 fully saturated rings. The molecule has 2 N–H and O–H groups in total. The molecule has 1 aromatic carbocycles. The lowest BCUT2D eigenvalue weighted by Gasteiger charge is -2.13. The Labute approximate surface area is 116 Å². The highest BCUT2D eigenvalue weighted by Gasteiger charge is 2.17.